The molecular formula is C14H23N5O. The second kappa shape index (κ2) is 6.67. The van der Waals surface area contributed by atoms with E-state index in [1.54, 1.807) is 18.2 Å². The number of pyridine rings is 1. The number of hydrogen-bond donors (Lipinski definition) is 4. The molecule has 1 fully saturated rings. The summed E-state index contributed by atoms with van der Waals surface area (Å²) in [6, 6.07) is 6.00. The van der Waals surface area contributed by atoms with Gasteiger partial charge in [0.25, 0.3) is 5.91 Å². The quantitative estimate of drug-likeness (QED) is 0.594. The molecule has 1 aromatic rings. The van der Waals surface area contributed by atoms with E-state index in [1.165, 1.54) is 0 Å². The summed E-state index contributed by atoms with van der Waals surface area (Å²) in [7, 11) is 0. The highest BCUT2D eigenvalue weighted by Gasteiger charge is 2.28. The number of nitrogen functional groups attached to an aromatic ring is 1. The summed E-state index contributed by atoms with van der Waals surface area (Å²) in [6.45, 7) is 5.01. The van der Waals surface area contributed by atoms with Gasteiger partial charge in [0.15, 0.2) is 0 Å². The molecule has 0 radical (unpaired) electrons. The third-order valence-corrected chi connectivity index (χ3v) is 3.83. The molecule has 5 N–H and O–H groups in total. The number of hydrazine groups is 1. The molecular weight excluding hydrogens is 254 g/mol. The first-order valence-electron chi connectivity index (χ1n) is 7.09. The normalized spacial score (nSPS) is 25.6. The van der Waals surface area contributed by atoms with Gasteiger partial charge in [-0.1, -0.05) is 6.07 Å². The van der Waals surface area contributed by atoms with E-state index >= 15 is 0 Å². The molecule has 110 valence electrons. The van der Waals surface area contributed by atoms with E-state index in [9.17, 15) is 4.79 Å². The highest BCUT2D eigenvalue weighted by Crippen LogP contribution is 2.19. The lowest BCUT2D eigenvalue weighted by atomic mass is 9.92. The van der Waals surface area contributed by atoms with Gasteiger partial charge in [0.05, 0.1) is 0 Å². The Morgan fingerprint density at radius 2 is 2.05 bits per heavy atom. The molecule has 1 aliphatic rings. The first-order valence-corrected chi connectivity index (χ1v) is 7.09. The van der Waals surface area contributed by atoms with Crippen LogP contribution in [0.15, 0.2) is 18.2 Å². The molecule has 6 nitrogen and oxygen atoms in total. The van der Waals surface area contributed by atoms with Crippen molar-refractivity contribution in [3.8, 4) is 0 Å². The Morgan fingerprint density at radius 3 is 2.70 bits per heavy atom. The zero-order valence-electron chi connectivity index (χ0n) is 12.0. The topological polar surface area (TPSA) is 92.1 Å². The van der Waals surface area contributed by atoms with Crippen molar-refractivity contribution in [1.82, 2.24) is 21.2 Å². The van der Waals surface area contributed by atoms with Crippen LogP contribution in [0.4, 0.5) is 5.82 Å². The molecule has 0 saturated carbocycles. The minimum absolute atomic E-state index is 0.166. The molecule has 2 unspecified atom stereocenters. The van der Waals surface area contributed by atoms with Gasteiger partial charge in [0, 0.05) is 18.6 Å². The molecule has 1 aromatic heterocycles. The van der Waals surface area contributed by atoms with E-state index in [4.69, 9.17) is 5.73 Å². The average molecular weight is 277 g/mol. The molecule has 6 heteroatoms. The Labute approximate surface area is 119 Å². The molecule has 2 heterocycles. The van der Waals surface area contributed by atoms with Crippen LogP contribution in [0.1, 0.15) is 37.2 Å². The number of aromatic nitrogens is 1. The van der Waals surface area contributed by atoms with Crippen molar-refractivity contribution in [3.63, 3.8) is 0 Å². The van der Waals surface area contributed by atoms with Crippen molar-refractivity contribution < 1.29 is 4.79 Å². The number of anilines is 1. The molecule has 2 rings (SSSR count). The second-order valence-electron chi connectivity index (χ2n) is 5.38. The fourth-order valence-corrected chi connectivity index (χ4v) is 2.62. The van der Waals surface area contributed by atoms with Crippen LogP contribution in [0.3, 0.4) is 0 Å². The van der Waals surface area contributed by atoms with E-state index in [-0.39, 0.29) is 5.91 Å². The summed E-state index contributed by atoms with van der Waals surface area (Å²) in [6.07, 6.45) is 2.03. The zero-order valence-corrected chi connectivity index (χ0v) is 12.0. The van der Waals surface area contributed by atoms with Crippen LogP contribution in [-0.2, 0) is 0 Å². The van der Waals surface area contributed by atoms with E-state index in [2.05, 4.69) is 35.0 Å². The van der Waals surface area contributed by atoms with Gasteiger partial charge in [-0.2, -0.15) is 0 Å². The highest BCUT2D eigenvalue weighted by molar-refractivity contribution is 5.92. The number of amides is 1. The van der Waals surface area contributed by atoms with Crippen molar-refractivity contribution in [2.75, 3.05) is 12.3 Å². The summed E-state index contributed by atoms with van der Waals surface area (Å²) in [5.74, 6) is 0.793. The van der Waals surface area contributed by atoms with Crippen LogP contribution >= 0.6 is 0 Å². The molecule has 20 heavy (non-hydrogen) atoms. The van der Waals surface area contributed by atoms with Crippen LogP contribution in [0, 0.1) is 5.92 Å². The van der Waals surface area contributed by atoms with Crippen molar-refractivity contribution in [2.24, 2.45) is 5.92 Å². The van der Waals surface area contributed by atoms with Gasteiger partial charge >= 0.3 is 0 Å². The third-order valence-electron chi connectivity index (χ3n) is 3.83. The zero-order chi connectivity index (χ0) is 14.5. The Kier molecular flexibility index (Phi) is 4.92. The number of carbonyl (C=O) groups excluding carboxylic acids is 1. The van der Waals surface area contributed by atoms with Gasteiger partial charge in [-0.15, -0.1) is 0 Å². The maximum absolute atomic E-state index is 11.9. The van der Waals surface area contributed by atoms with E-state index < -0.39 is 0 Å². The lowest BCUT2D eigenvalue weighted by Crippen LogP contribution is -2.30. The maximum Gasteiger partial charge on any atom is 0.269 e. The molecule has 0 aliphatic carbocycles. The lowest BCUT2D eigenvalue weighted by Gasteiger charge is -2.17. The molecule has 1 amide bonds. The van der Waals surface area contributed by atoms with E-state index in [1.807, 2.05) is 0 Å². The van der Waals surface area contributed by atoms with E-state index in [0.717, 1.165) is 12.8 Å². The smallest absolute Gasteiger partial charge is 0.269 e. The summed E-state index contributed by atoms with van der Waals surface area (Å²) < 4.78 is 0. The predicted molar refractivity (Wildman–Crippen MR) is 78.9 cm³/mol. The van der Waals surface area contributed by atoms with Crippen LogP contribution in [0.5, 0.6) is 0 Å². The number of nitrogens with zero attached hydrogens (tertiary/aromatic N) is 1. The van der Waals surface area contributed by atoms with Gasteiger partial charge in [0.1, 0.15) is 11.5 Å². The number of rotatable bonds is 5. The highest BCUT2D eigenvalue weighted by atomic mass is 16.1. The Bertz CT molecular complexity index is 455. The fourth-order valence-electron chi connectivity index (χ4n) is 2.62. The SMILES string of the molecule is CC1NNC(C)C1CCCNC(=O)c1cccc(N)n1. The minimum atomic E-state index is -0.166. The van der Waals surface area contributed by atoms with Crippen molar-refractivity contribution in [2.45, 2.75) is 38.8 Å². The van der Waals surface area contributed by atoms with Crippen LogP contribution in [-0.4, -0.2) is 29.5 Å². The first kappa shape index (κ1) is 14.7. The van der Waals surface area contributed by atoms with Crippen LogP contribution in [0.25, 0.3) is 0 Å². The summed E-state index contributed by atoms with van der Waals surface area (Å²) in [5.41, 5.74) is 12.4. The fraction of sp³-hybridized carbons (Fsp3) is 0.571. The largest absolute Gasteiger partial charge is 0.384 e. The monoisotopic (exact) mass is 277 g/mol. The Hall–Kier alpha value is -1.66. The second-order valence-corrected chi connectivity index (χ2v) is 5.38. The lowest BCUT2D eigenvalue weighted by molar-refractivity contribution is 0.0947. The average Bonchev–Trinajstić information content (AvgIpc) is 2.74. The van der Waals surface area contributed by atoms with Crippen molar-refractivity contribution in [3.05, 3.63) is 23.9 Å². The Morgan fingerprint density at radius 1 is 1.35 bits per heavy atom. The van der Waals surface area contributed by atoms with Gasteiger partial charge in [0.2, 0.25) is 0 Å². The Balaban J connectivity index is 1.72. The third kappa shape index (κ3) is 3.68. The molecule has 0 aromatic carbocycles. The van der Waals surface area contributed by atoms with Gasteiger partial charge < -0.3 is 11.1 Å². The molecule has 1 aliphatic heterocycles. The number of nitrogens with one attached hydrogen (secondary N) is 3. The molecule has 2 atom stereocenters. The molecule has 0 bridgehead atoms. The van der Waals surface area contributed by atoms with Gasteiger partial charge in [-0.25, -0.2) is 4.98 Å². The van der Waals surface area contributed by atoms with Crippen molar-refractivity contribution in [1.29, 1.82) is 0 Å². The standard InChI is InChI=1S/C14H23N5O/c1-9-11(10(2)19-18-9)5-4-8-16-14(20)12-6-3-7-13(15)17-12/h3,6-7,9-11,18-19H,4-5,8H2,1-2H3,(H2,15,17)(H,16,20). The summed E-state index contributed by atoms with van der Waals surface area (Å²) in [5, 5.41) is 2.88. The van der Waals surface area contributed by atoms with Gasteiger partial charge in [-0.3, -0.25) is 15.6 Å². The van der Waals surface area contributed by atoms with Crippen molar-refractivity contribution >= 4 is 11.7 Å². The number of carbonyl (C=O) groups is 1. The summed E-state index contributed by atoms with van der Waals surface area (Å²) >= 11 is 0. The number of nitrogens with two attached hydrogens (primary N) is 1. The molecule has 0 spiro atoms. The molecule has 1 saturated heterocycles. The maximum atomic E-state index is 11.9. The van der Waals surface area contributed by atoms with Crippen LogP contribution in [0.2, 0.25) is 0 Å². The van der Waals surface area contributed by atoms with E-state index in [0.29, 0.717) is 36.1 Å². The van der Waals surface area contributed by atoms with Gasteiger partial charge in [-0.05, 0) is 44.7 Å². The number of hydrogen-bond acceptors (Lipinski definition) is 5. The minimum Gasteiger partial charge on any atom is -0.384 e. The summed E-state index contributed by atoms with van der Waals surface area (Å²) in [4.78, 5) is 15.9. The van der Waals surface area contributed by atoms with Crippen LogP contribution < -0.4 is 21.9 Å². The first-order chi connectivity index (χ1) is 9.58. The predicted octanol–water partition coefficient (Wildman–Crippen LogP) is 0.675.